The number of rotatable bonds is 5. The second-order valence-electron chi connectivity index (χ2n) is 6.33. The Morgan fingerprint density at radius 2 is 1.92 bits per heavy atom. The number of carbonyl (C=O) groups is 3. The molecule has 0 atom stereocenters. The summed E-state index contributed by atoms with van der Waals surface area (Å²) in [6.45, 7) is 1.55. The van der Waals surface area contributed by atoms with Gasteiger partial charge in [0, 0.05) is 19.1 Å². The number of carbonyl (C=O) groups excluding carboxylic acids is 3. The van der Waals surface area contributed by atoms with Crippen LogP contribution >= 0.6 is 0 Å². The maximum absolute atomic E-state index is 12.5. The van der Waals surface area contributed by atoms with Crippen molar-refractivity contribution >= 4 is 29.2 Å². The molecule has 0 aliphatic carbocycles. The van der Waals surface area contributed by atoms with Crippen LogP contribution in [0.1, 0.15) is 12.8 Å². The van der Waals surface area contributed by atoms with Crippen molar-refractivity contribution < 1.29 is 14.4 Å². The molecular weight excluding hydrogens is 336 g/mol. The second-order valence-corrected chi connectivity index (χ2v) is 6.33. The summed E-state index contributed by atoms with van der Waals surface area (Å²) in [7, 11) is 0. The predicted molar refractivity (Wildman–Crippen MR) is 96.2 cm³/mol. The van der Waals surface area contributed by atoms with Crippen LogP contribution in [0, 0.1) is 0 Å². The first-order valence-electron chi connectivity index (χ1n) is 8.53. The molecule has 1 saturated heterocycles. The van der Waals surface area contributed by atoms with E-state index in [-0.39, 0.29) is 42.7 Å². The number of piperidine rings is 1. The summed E-state index contributed by atoms with van der Waals surface area (Å²) in [5.41, 5.74) is 8.65. The molecular formula is C17H22N6O3. The van der Waals surface area contributed by atoms with Crippen LogP contribution in [-0.2, 0) is 14.4 Å². The van der Waals surface area contributed by atoms with Gasteiger partial charge >= 0.3 is 0 Å². The van der Waals surface area contributed by atoms with Crippen LogP contribution < -0.4 is 21.5 Å². The largest absolute Gasteiger partial charge is 0.369 e. The highest BCUT2D eigenvalue weighted by atomic mass is 16.2. The fourth-order valence-electron chi connectivity index (χ4n) is 3.04. The van der Waals surface area contributed by atoms with E-state index < -0.39 is 0 Å². The van der Waals surface area contributed by atoms with Crippen LogP contribution in [0.3, 0.4) is 0 Å². The molecule has 0 aromatic heterocycles. The predicted octanol–water partition coefficient (Wildman–Crippen LogP) is -0.998. The van der Waals surface area contributed by atoms with Gasteiger partial charge in [-0.1, -0.05) is 18.2 Å². The lowest BCUT2D eigenvalue weighted by Gasteiger charge is -2.32. The molecule has 9 nitrogen and oxygen atoms in total. The smallest absolute Gasteiger partial charge is 0.288 e. The summed E-state index contributed by atoms with van der Waals surface area (Å²) in [5, 5.41) is 4.27. The van der Waals surface area contributed by atoms with Crippen molar-refractivity contribution in [3.63, 3.8) is 0 Å². The number of aliphatic imine (C=N–C) groups is 1. The molecule has 0 saturated carbocycles. The minimum absolute atomic E-state index is 0.000991. The first-order valence-corrected chi connectivity index (χ1v) is 8.53. The number of nitrogens with zero attached hydrogens (tertiary/aromatic N) is 3. The molecule has 1 fully saturated rings. The van der Waals surface area contributed by atoms with E-state index in [1.165, 1.54) is 5.01 Å². The molecule has 0 radical (unpaired) electrons. The lowest BCUT2D eigenvalue weighted by atomic mass is 10.0. The maximum atomic E-state index is 12.5. The van der Waals surface area contributed by atoms with Crippen LogP contribution in [0.25, 0.3) is 0 Å². The lowest BCUT2D eigenvalue weighted by molar-refractivity contribution is -0.120. The SMILES string of the molecule is NC(=O)CN1CCC(NC(=O)C2=NCC(=O)N(c3ccccc3)N2)CC1. The summed E-state index contributed by atoms with van der Waals surface area (Å²) in [6.07, 6.45) is 1.46. The van der Waals surface area contributed by atoms with Gasteiger partial charge in [0.1, 0.15) is 6.54 Å². The van der Waals surface area contributed by atoms with Gasteiger partial charge in [-0.05, 0) is 25.0 Å². The number of hydrogen-bond donors (Lipinski definition) is 3. The summed E-state index contributed by atoms with van der Waals surface area (Å²) >= 11 is 0. The zero-order valence-corrected chi connectivity index (χ0v) is 14.4. The number of anilines is 1. The number of primary amides is 1. The first kappa shape index (κ1) is 17.9. The van der Waals surface area contributed by atoms with Crippen LogP contribution in [0.15, 0.2) is 35.3 Å². The van der Waals surface area contributed by atoms with Crippen molar-refractivity contribution in [2.75, 3.05) is 31.2 Å². The van der Waals surface area contributed by atoms with Crippen molar-refractivity contribution in [2.24, 2.45) is 10.7 Å². The molecule has 0 spiro atoms. The highest BCUT2D eigenvalue weighted by molar-refractivity contribution is 6.39. The van der Waals surface area contributed by atoms with E-state index in [9.17, 15) is 14.4 Å². The van der Waals surface area contributed by atoms with Crippen molar-refractivity contribution in [1.29, 1.82) is 0 Å². The quantitative estimate of drug-likeness (QED) is 0.624. The third kappa shape index (κ3) is 4.37. The topological polar surface area (TPSA) is 120 Å². The third-order valence-electron chi connectivity index (χ3n) is 4.37. The number of nitrogens with one attached hydrogen (secondary N) is 2. The Hall–Kier alpha value is -2.94. The average Bonchev–Trinajstić information content (AvgIpc) is 2.64. The van der Waals surface area contributed by atoms with Gasteiger partial charge in [0.15, 0.2) is 0 Å². The molecule has 1 aromatic carbocycles. The maximum Gasteiger partial charge on any atom is 0.288 e. The molecule has 138 valence electrons. The van der Waals surface area contributed by atoms with Gasteiger partial charge in [0.2, 0.25) is 11.7 Å². The number of para-hydroxylation sites is 1. The number of likely N-dealkylation sites (tertiary alicyclic amines) is 1. The summed E-state index contributed by atoms with van der Waals surface area (Å²) in [5.74, 6) is -0.800. The van der Waals surface area contributed by atoms with Gasteiger partial charge < -0.3 is 11.1 Å². The van der Waals surface area contributed by atoms with Gasteiger partial charge in [-0.15, -0.1) is 0 Å². The van der Waals surface area contributed by atoms with Crippen LogP contribution in [0.4, 0.5) is 5.69 Å². The van der Waals surface area contributed by atoms with Crippen LogP contribution in [-0.4, -0.2) is 60.7 Å². The Morgan fingerprint density at radius 1 is 1.23 bits per heavy atom. The fourth-order valence-corrected chi connectivity index (χ4v) is 3.04. The number of amidine groups is 1. The standard InChI is InChI=1S/C17H22N6O3/c18-14(24)11-22-8-6-12(7-9-22)20-17(26)16-19-10-15(25)23(21-16)13-4-2-1-3-5-13/h1-5,12H,6-11H2,(H2,18,24)(H,19,21)(H,20,26). The van der Waals surface area contributed by atoms with Crippen molar-refractivity contribution in [2.45, 2.75) is 18.9 Å². The van der Waals surface area contributed by atoms with Crippen molar-refractivity contribution in [1.82, 2.24) is 15.6 Å². The monoisotopic (exact) mass is 358 g/mol. The first-order chi connectivity index (χ1) is 12.5. The number of hydrazine groups is 1. The van der Waals surface area contributed by atoms with Crippen LogP contribution in [0.5, 0.6) is 0 Å². The zero-order valence-electron chi connectivity index (χ0n) is 14.4. The third-order valence-corrected chi connectivity index (χ3v) is 4.37. The van der Waals surface area contributed by atoms with Gasteiger partial charge in [-0.3, -0.25) is 29.7 Å². The Kier molecular flexibility index (Phi) is 5.47. The molecule has 3 rings (SSSR count). The van der Waals surface area contributed by atoms with Crippen molar-refractivity contribution in [3.05, 3.63) is 30.3 Å². The highest BCUT2D eigenvalue weighted by Crippen LogP contribution is 2.14. The van der Waals surface area contributed by atoms with E-state index in [1.54, 1.807) is 12.1 Å². The van der Waals surface area contributed by atoms with E-state index in [4.69, 9.17) is 5.73 Å². The lowest BCUT2D eigenvalue weighted by Crippen LogP contribution is -2.57. The molecule has 4 N–H and O–H groups in total. The summed E-state index contributed by atoms with van der Waals surface area (Å²) in [4.78, 5) is 41.5. The van der Waals surface area contributed by atoms with E-state index in [1.807, 2.05) is 23.1 Å². The van der Waals surface area contributed by atoms with Gasteiger partial charge in [-0.2, -0.15) is 0 Å². The number of amides is 3. The van der Waals surface area contributed by atoms with Crippen molar-refractivity contribution in [3.8, 4) is 0 Å². The molecule has 9 heteroatoms. The van der Waals surface area contributed by atoms with Gasteiger partial charge in [-0.25, -0.2) is 5.01 Å². The molecule has 0 unspecified atom stereocenters. The highest BCUT2D eigenvalue weighted by Gasteiger charge is 2.28. The molecule has 26 heavy (non-hydrogen) atoms. The molecule has 2 aliphatic heterocycles. The summed E-state index contributed by atoms with van der Waals surface area (Å²) < 4.78 is 0. The number of benzene rings is 1. The van der Waals surface area contributed by atoms with E-state index in [0.717, 1.165) is 12.8 Å². The average molecular weight is 358 g/mol. The molecule has 1 aromatic rings. The normalized spacial score (nSPS) is 18.8. The Morgan fingerprint density at radius 3 is 2.58 bits per heavy atom. The molecule has 2 aliphatic rings. The minimum Gasteiger partial charge on any atom is -0.369 e. The summed E-state index contributed by atoms with van der Waals surface area (Å²) in [6, 6.07) is 9.04. The van der Waals surface area contributed by atoms with E-state index >= 15 is 0 Å². The second kappa shape index (κ2) is 7.96. The zero-order chi connectivity index (χ0) is 18.5. The molecule has 0 bridgehead atoms. The molecule has 2 heterocycles. The fraction of sp³-hybridized carbons (Fsp3) is 0.412. The minimum atomic E-state index is -0.348. The Bertz CT molecular complexity index is 712. The number of hydrogen-bond acceptors (Lipinski definition) is 6. The Labute approximate surface area is 151 Å². The Balaban J connectivity index is 1.55. The van der Waals surface area contributed by atoms with E-state index in [0.29, 0.717) is 18.8 Å². The number of nitrogens with two attached hydrogens (primary N) is 1. The van der Waals surface area contributed by atoms with Gasteiger partial charge in [0.25, 0.3) is 11.8 Å². The molecule has 3 amide bonds. The van der Waals surface area contributed by atoms with Crippen LogP contribution in [0.2, 0.25) is 0 Å². The van der Waals surface area contributed by atoms with E-state index in [2.05, 4.69) is 15.7 Å². The van der Waals surface area contributed by atoms with Gasteiger partial charge in [0.05, 0.1) is 12.2 Å².